The van der Waals surface area contributed by atoms with Gasteiger partial charge in [0.15, 0.2) is 0 Å². The molecule has 92 valence electrons. The largest absolute Gasteiger partial charge is 0.325 e. The Bertz CT molecular complexity index is 516. The van der Waals surface area contributed by atoms with Gasteiger partial charge >= 0.3 is 0 Å². The summed E-state index contributed by atoms with van der Waals surface area (Å²) >= 11 is 0. The second kappa shape index (κ2) is 3.96. The highest BCUT2D eigenvalue weighted by Gasteiger charge is 2.24. The maximum Gasteiger partial charge on any atom is 0.112 e. The lowest BCUT2D eigenvalue weighted by Crippen LogP contribution is -2.25. The zero-order chi connectivity index (χ0) is 12.6. The lowest BCUT2D eigenvalue weighted by atomic mass is 10.1. The lowest BCUT2D eigenvalue weighted by Gasteiger charge is -2.21. The van der Waals surface area contributed by atoms with Crippen LogP contribution in [0.5, 0.6) is 0 Å². The zero-order valence-electron chi connectivity index (χ0n) is 10.7. The maximum atomic E-state index is 5.72. The lowest BCUT2D eigenvalue weighted by molar-refractivity contribution is 0.350. The van der Waals surface area contributed by atoms with Gasteiger partial charge in [-0.1, -0.05) is 5.21 Å². The third-order valence-electron chi connectivity index (χ3n) is 2.63. The summed E-state index contributed by atoms with van der Waals surface area (Å²) in [5, 5.41) is 12.5. The third kappa shape index (κ3) is 1.95. The number of hydrogen-bond donors (Lipinski definition) is 1. The molecular formula is C11H18N6. The standard InChI is InChI=1S/C11H18N6/c1-11(2,3)17-10(8(7-12)14-15-17)9-5-6-13-16(9)4/h5-6H,7,12H2,1-4H3. The summed E-state index contributed by atoms with van der Waals surface area (Å²) in [5.74, 6) is 0. The normalized spacial score (nSPS) is 12.1. The van der Waals surface area contributed by atoms with Gasteiger partial charge in [0.05, 0.1) is 11.2 Å². The molecule has 0 saturated heterocycles. The first-order valence-electron chi connectivity index (χ1n) is 5.58. The van der Waals surface area contributed by atoms with Gasteiger partial charge in [0.25, 0.3) is 0 Å². The van der Waals surface area contributed by atoms with E-state index < -0.39 is 0 Å². The van der Waals surface area contributed by atoms with Crippen molar-refractivity contribution in [2.75, 3.05) is 0 Å². The van der Waals surface area contributed by atoms with Crippen LogP contribution in [0.2, 0.25) is 0 Å². The van der Waals surface area contributed by atoms with Crippen LogP contribution in [0.1, 0.15) is 26.5 Å². The van der Waals surface area contributed by atoms with Crippen LogP contribution in [-0.2, 0) is 19.1 Å². The van der Waals surface area contributed by atoms with Crippen molar-refractivity contribution in [3.63, 3.8) is 0 Å². The molecule has 2 heterocycles. The molecule has 0 aliphatic rings. The molecule has 0 radical (unpaired) electrons. The van der Waals surface area contributed by atoms with E-state index in [4.69, 9.17) is 5.73 Å². The quantitative estimate of drug-likeness (QED) is 0.837. The Morgan fingerprint density at radius 1 is 1.35 bits per heavy atom. The van der Waals surface area contributed by atoms with Gasteiger partial charge < -0.3 is 5.73 Å². The average molecular weight is 234 g/mol. The predicted octanol–water partition coefficient (Wildman–Crippen LogP) is 0.892. The summed E-state index contributed by atoms with van der Waals surface area (Å²) in [6.07, 6.45) is 1.76. The van der Waals surface area contributed by atoms with Crippen LogP contribution in [0.15, 0.2) is 12.3 Å². The maximum absolute atomic E-state index is 5.72. The smallest absolute Gasteiger partial charge is 0.112 e. The molecule has 0 fully saturated rings. The summed E-state index contributed by atoms with van der Waals surface area (Å²) in [7, 11) is 1.90. The number of nitrogens with zero attached hydrogens (tertiary/aromatic N) is 5. The number of aromatic nitrogens is 5. The molecule has 6 heteroatoms. The Hall–Kier alpha value is -1.69. The molecule has 6 nitrogen and oxygen atoms in total. The van der Waals surface area contributed by atoms with Gasteiger partial charge in [-0.15, -0.1) is 5.10 Å². The summed E-state index contributed by atoms with van der Waals surface area (Å²) in [5.41, 5.74) is 8.30. The minimum absolute atomic E-state index is 0.139. The van der Waals surface area contributed by atoms with E-state index in [1.807, 2.05) is 17.8 Å². The number of nitrogens with two attached hydrogens (primary N) is 1. The number of aryl methyl sites for hydroxylation is 1. The van der Waals surface area contributed by atoms with Crippen LogP contribution in [0, 0.1) is 0 Å². The van der Waals surface area contributed by atoms with Crippen molar-refractivity contribution in [3.05, 3.63) is 18.0 Å². The van der Waals surface area contributed by atoms with Gasteiger partial charge in [0, 0.05) is 19.8 Å². The van der Waals surface area contributed by atoms with Gasteiger partial charge in [0.2, 0.25) is 0 Å². The van der Waals surface area contributed by atoms with Crippen molar-refractivity contribution in [1.29, 1.82) is 0 Å². The predicted molar refractivity (Wildman–Crippen MR) is 65.1 cm³/mol. The first kappa shape index (κ1) is 11.8. The molecule has 0 unspecified atom stereocenters. The highest BCUT2D eigenvalue weighted by molar-refractivity contribution is 5.57. The number of hydrogen-bond acceptors (Lipinski definition) is 4. The minimum Gasteiger partial charge on any atom is -0.325 e. The van der Waals surface area contributed by atoms with Gasteiger partial charge in [0.1, 0.15) is 11.4 Å². The van der Waals surface area contributed by atoms with Crippen LogP contribution < -0.4 is 5.73 Å². The Labute approximate surface area is 100 Å². The summed E-state index contributed by atoms with van der Waals surface area (Å²) < 4.78 is 3.70. The van der Waals surface area contributed by atoms with Gasteiger partial charge in [-0.25, -0.2) is 4.68 Å². The fourth-order valence-corrected chi connectivity index (χ4v) is 1.78. The van der Waals surface area contributed by atoms with E-state index >= 15 is 0 Å². The molecule has 0 aliphatic carbocycles. The summed E-state index contributed by atoms with van der Waals surface area (Å²) in [6.45, 7) is 6.63. The molecular weight excluding hydrogens is 216 g/mol. The second-order valence-corrected chi connectivity index (χ2v) is 5.01. The van der Waals surface area contributed by atoms with E-state index in [0.717, 1.165) is 17.1 Å². The Morgan fingerprint density at radius 3 is 2.53 bits per heavy atom. The molecule has 0 bridgehead atoms. The monoisotopic (exact) mass is 234 g/mol. The highest BCUT2D eigenvalue weighted by atomic mass is 15.5. The minimum atomic E-state index is -0.139. The second-order valence-electron chi connectivity index (χ2n) is 5.01. The molecule has 0 aliphatic heterocycles. The third-order valence-corrected chi connectivity index (χ3v) is 2.63. The van der Waals surface area contributed by atoms with E-state index in [-0.39, 0.29) is 5.54 Å². The van der Waals surface area contributed by atoms with E-state index in [9.17, 15) is 0 Å². The van der Waals surface area contributed by atoms with E-state index in [1.54, 1.807) is 10.9 Å². The SMILES string of the molecule is Cn1nccc1-c1c(CN)nnn1C(C)(C)C. The van der Waals surface area contributed by atoms with Gasteiger partial charge in [-0.3, -0.25) is 4.68 Å². The first-order valence-corrected chi connectivity index (χ1v) is 5.58. The summed E-state index contributed by atoms with van der Waals surface area (Å²) in [4.78, 5) is 0. The molecule has 0 saturated carbocycles. The van der Waals surface area contributed by atoms with Crippen LogP contribution in [0.25, 0.3) is 11.4 Å². The van der Waals surface area contributed by atoms with Crippen molar-refractivity contribution in [3.8, 4) is 11.4 Å². The van der Waals surface area contributed by atoms with Crippen LogP contribution >= 0.6 is 0 Å². The first-order chi connectivity index (χ1) is 7.95. The van der Waals surface area contributed by atoms with Gasteiger partial charge in [-0.05, 0) is 26.8 Å². The van der Waals surface area contributed by atoms with Crippen molar-refractivity contribution in [2.45, 2.75) is 32.9 Å². The van der Waals surface area contributed by atoms with Crippen LogP contribution in [-0.4, -0.2) is 24.8 Å². The Morgan fingerprint density at radius 2 is 2.06 bits per heavy atom. The van der Waals surface area contributed by atoms with E-state index in [2.05, 4.69) is 36.2 Å². The topological polar surface area (TPSA) is 74.6 Å². The van der Waals surface area contributed by atoms with Crippen molar-refractivity contribution >= 4 is 0 Å². The molecule has 17 heavy (non-hydrogen) atoms. The highest BCUT2D eigenvalue weighted by Crippen LogP contribution is 2.26. The van der Waals surface area contributed by atoms with Crippen LogP contribution in [0.3, 0.4) is 0 Å². The van der Waals surface area contributed by atoms with Crippen LogP contribution in [0.4, 0.5) is 0 Å². The molecule has 0 aromatic carbocycles. The Kier molecular flexibility index (Phi) is 2.74. The van der Waals surface area contributed by atoms with E-state index in [1.165, 1.54) is 0 Å². The van der Waals surface area contributed by atoms with Crippen molar-refractivity contribution < 1.29 is 0 Å². The molecule has 2 aromatic rings. The zero-order valence-corrected chi connectivity index (χ0v) is 10.7. The Balaban J connectivity index is 2.66. The fraction of sp³-hybridized carbons (Fsp3) is 0.545. The van der Waals surface area contributed by atoms with Crippen molar-refractivity contribution in [2.24, 2.45) is 12.8 Å². The van der Waals surface area contributed by atoms with Crippen molar-refractivity contribution in [1.82, 2.24) is 24.8 Å². The molecule has 0 spiro atoms. The van der Waals surface area contributed by atoms with Gasteiger partial charge in [-0.2, -0.15) is 5.10 Å². The average Bonchev–Trinajstić information content (AvgIpc) is 2.81. The van der Waals surface area contributed by atoms with E-state index in [0.29, 0.717) is 6.54 Å². The fourth-order valence-electron chi connectivity index (χ4n) is 1.78. The molecule has 0 amide bonds. The molecule has 2 rings (SSSR count). The molecule has 2 N–H and O–H groups in total. The summed E-state index contributed by atoms with van der Waals surface area (Å²) in [6, 6.07) is 1.94. The molecule has 2 aromatic heterocycles. The number of rotatable bonds is 2. The molecule has 0 atom stereocenters.